The van der Waals surface area contributed by atoms with Gasteiger partial charge in [0.05, 0.1) is 4.88 Å². The van der Waals surface area contributed by atoms with Crippen LogP contribution < -0.4 is 4.78 Å². The summed E-state index contributed by atoms with van der Waals surface area (Å²) in [5, 5.41) is 0. The quantitative estimate of drug-likeness (QED) is 0.398. The first kappa shape index (κ1) is 6.55. The molecule has 0 spiro atoms. The van der Waals surface area contributed by atoms with Crippen molar-refractivity contribution in [3.05, 3.63) is 16.5 Å². The van der Waals surface area contributed by atoms with E-state index in [1.165, 1.54) is 10.3 Å². The first-order valence-electron chi connectivity index (χ1n) is 2.76. The minimum absolute atomic E-state index is 0.824. The summed E-state index contributed by atoms with van der Waals surface area (Å²) < 4.78 is 1.23. The molecule has 0 fully saturated rings. The second-order valence-electron chi connectivity index (χ2n) is 2.01. The third-order valence-corrected chi connectivity index (χ3v) is 2.38. The van der Waals surface area contributed by atoms with Crippen molar-refractivity contribution in [2.24, 2.45) is 0 Å². The highest BCUT2D eigenvalue weighted by molar-refractivity contribution is 7.21. The molecule has 0 saturated heterocycles. The van der Waals surface area contributed by atoms with E-state index in [4.69, 9.17) is 0 Å². The van der Waals surface area contributed by atoms with Crippen LogP contribution in [-0.2, 0) is 0 Å². The van der Waals surface area contributed by atoms with Crippen molar-refractivity contribution in [3.63, 3.8) is 0 Å². The van der Waals surface area contributed by atoms with Crippen molar-refractivity contribution in [1.82, 2.24) is 0 Å². The van der Waals surface area contributed by atoms with Gasteiger partial charge in [0, 0.05) is 0 Å². The Bertz CT molecular complexity index is 209. The van der Waals surface area contributed by atoms with Crippen LogP contribution in [0.5, 0.6) is 0 Å². The summed E-state index contributed by atoms with van der Waals surface area (Å²) >= 11 is 1.55. The average molecular weight is 138 g/mol. The van der Waals surface area contributed by atoms with Crippen molar-refractivity contribution in [2.45, 2.75) is 6.92 Å². The van der Waals surface area contributed by atoms with E-state index in [1.807, 2.05) is 20.8 Å². The van der Waals surface area contributed by atoms with Crippen LogP contribution in [0.1, 0.15) is 15.2 Å². The molecule has 0 bridgehead atoms. The predicted molar refractivity (Wildman–Crippen MR) is 42.6 cm³/mol. The molecule has 3 heteroatoms. The predicted octanol–water partition coefficient (Wildman–Crippen LogP) is 0.127. The molecule has 0 radical (unpaired) electrons. The monoisotopic (exact) mass is 138 g/mol. The second kappa shape index (κ2) is 2.35. The van der Waals surface area contributed by atoms with E-state index < -0.39 is 0 Å². The zero-order valence-electron chi connectivity index (χ0n) is 5.47. The summed E-state index contributed by atoms with van der Waals surface area (Å²) in [5.74, 6) is 0. The van der Waals surface area contributed by atoms with Gasteiger partial charge in [-0.05, 0) is 23.3 Å². The molecule has 0 aliphatic carbocycles. The largest absolute Gasteiger partial charge is 0.297 e. The number of carbonyl (C=O) groups excluding carboxylic acids is 1. The number of hydrogen-bond donors (Lipinski definition) is 0. The highest BCUT2D eigenvalue weighted by Crippen LogP contribution is 2.06. The maximum Gasteiger partial charge on any atom is 0.159 e. The molecule has 0 unspecified atom stereocenters. The Morgan fingerprint density at radius 3 is 2.67 bits per heavy atom. The Kier molecular flexibility index (Phi) is 1.71. The van der Waals surface area contributed by atoms with Crippen LogP contribution in [0.2, 0.25) is 0 Å². The molecule has 9 heavy (non-hydrogen) atoms. The topological polar surface area (TPSA) is 17.1 Å². The van der Waals surface area contributed by atoms with E-state index in [1.54, 1.807) is 11.3 Å². The average Bonchev–Trinajstić information content (AvgIpc) is 2.13. The van der Waals surface area contributed by atoms with Crippen LogP contribution in [0.25, 0.3) is 0 Å². The first-order chi connectivity index (χ1) is 4.24. The van der Waals surface area contributed by atoms with E-state index in [-0.39, 0.29) is 0 Å². The molecular weight excluding hydrogens is 131 g/mol. The number of rotatable bonds is 1. The van der Waals surface area contributed by atoms with Crippen molar-refractivity contribution in [1.29, 1.82) is 0 Å². The van der Waals surface area contributed by atoms with Crippen LogP contribution in [0.3, 0.4) is 0 Å². The summed E-state index contributed by atoms with van der Waals surface area (Å²) in [7, 11) is 2.02. The first-order valence-corrected chi connectivity index (χ1v) is 3.58. The van der Waals surface area contributed by atoms with Gasteiger partial charge in [-0.1, -0.05) is 0 Å². The standard InChI is InChI=1S/C6H7BOS/c1-4-2-5(3-8)9-6(4)7/h2-3H,7H2,1H3. The van der Waals surface area contributed by atoms with Crippen LogP contribution in [0.15, 0.2) is 6.07 Å². The molecule has 0 saturated carbocycles. The van der Waals surface area contributed by atoms with Gasteiger partial charge in [0.25, 0.3) is 0 Å². The van der Waals surface area contributed by atoms with Crippen LogP contribution in [0, 0.1) is 6.92 Å². The van der Waals surface area contributed by atoms with Gasteiger partial charge in [-0.15, -0.1) is 11.3 Å². The molecule has 1 nitrogen and oxygen atoms in total. The van der Waals surface area contributed by atoms with Gasteiger partial charge in [0.1, 0.15) is 0 Å². The van der Waals surface area contributed by atoms with Gasteiger partial charge in [-0.25, -0.2) is 0 Å². The fraction of sp³-hybridized carbons (Fsp3) is 0.167. The summed E-state index contributed by atoms with van der Waals surface area (Å²) in [4.78, 5) is 11.0. The fourth-order valence-electron chi connectivity index (χ4n) is 0.660. The lowest BCUT2D eigenvalue weighted by molar-refractivity contribution is 0.112. The van der Waals surface area contributed by atoms with Crippen molar-refractivity contribution in [3.8, 4) is 0 Å². The Balaban J connectivity index is 3.11. The minimum Gasteiger partial charge on any atom is -0.297 e. The van der Waals surface area contributed by atoms with Gasteiger partial charge in [-0.3, -0.25) is 4.79 Å². The van der Waals surface area contributed by atoms with E-state index >= 15 is 0 Å². The molecule has 0 atom stereocenters. The zero-order valence-corrected chi connectivity index (χ0v) is 6.29. The van der Waals surface area contributed by atoms with Crippen molar-refractivity contribution >= 4 is 30.2 Å². The highest BCUT2D eigenvalue weighted by atomic mass is 32.1. The lowest BCUT2D eigenvalue weighted by Crippen LogP contribution is -1.96. The number of thiophene rings is 1. The molecule has 1 rings (SSSR count). The Morgan fingerprint density at radius 2 is 2.44 bits per heavy atom. The van der Waals surface area contributed by atoms with Crippen LogP contribution >= 0.6 is 11.3 Å². The molecule has 46 valence electrons. The van der Waals surface area contributed by atoms with Gasteiger partial charge in [0.2, 0.25) is 0 Å². The summed E-state index contributed by atoms with van der Waals surface area (Å²) in [6.07, 6.45) is 0.894. The maximum absolute atomic E-state index is 10.2. The SMILES string of the molecule is Bc1sc(C=O)cc1C. The Labute approximate surface area is 59.1 Å². The third-order valence-electron chi connectivity index (χ3n) is 1.30. The Hall–Kier alpha value is -0.565. The Morgan fingerprint density at radius 1 is 1.78 bits per heavy atom. The molecule has 0 aliphatic rings. The smallest absolute Gasteiger partial charge is 0.159 e. The summed E-state index contributed by atoms with van der Waals surface area (Å²) in [6, 6.07) is 1.91. The fourth-order valence-corrected chi connectivity index (χ4v) is 1.52. The van der Waals surface area contributed by atoms with Crippen molar-refractivity contribution < 1.29 is 4.79 Å². The maximum atomic E-state index is 10.2. The molecular formula is C6H7BOS. The molecule has 1 heterocycles. The van der Waals surface area contributed by atoms with Crippen LogP contribution in [-0.4, -0.2) is 14.1 Å². The van der Waals surface area contributed by atoms with Gasteiger partial charge in [-0.2, -0.15) is 0 Å². The highest BCUT2D eigenvalue weighted by Gasteiger charge is 1.97. The van der Waals surface area contributed by atoms with Crippen LogP contribution in [0.4, 0.5) is 0 Å². The van der Waals surface area contributed by atoms with Gasteiger partial charge in [0.15, 0.2) is 14.1 Å². The lowest BCUT2D eigenvalue weighted by Gasteiger charge is -1.79. The molecule has 0 aliphatic heterocycles. The molecule has 0 amide bonds. The number of hydrogen-bond acceptors (Lipinski definition) is 2. The van der Waals surface area contributed by atoms with E-state index in [2.05, 4.69) is 0 Å². The van der Waals surface area contributed by atoms with E-state index in [0.717, 1.165) is 11.2 Å². The third kappa shape index (κ3) is 1.22. The number of aldehydes is 1. The van der Waals surface area contributed by atoms with E-state index in [9.17, 15) is 4.79 Å². The zero-order chi connectivity index (χ0) is 6.85. The normalized spacial score (nSPS) is 9.44. The summed E-state index contributed by atoms with van der Waals surface area (Å²) in [6.45, 7) is 2.01. The minimum atomic E-state index is 0.824. The lowest BCUT2D eigenvalue weighted by atomic mass is 10.0. The van der Waals surface area contributed by atoms with Gasteiger partial charge >= 0.3 is 0 Å². The number of carbonyl (C=O) groups is 1. The molecule has 0 N–H and O–H groups in total. The van der Waals surface area contributed by atoms with Gasteiger partial charge < -0.3 is 0 Å². The second-order valence-corrected chi connectivity index (χ2v) is 3.29. The van der Waals surface area contributed by atoms with E-state index in [0.29, 0.717) is 0 Å². The summed E-state index contributed by atoms with van der Waals surface area (Å²) in [5.41, 5.74) is 1.21. The molecule has 1 aromatic rings. The van der Waals surface area contributed by atoms with Crippen molar-refractivity contribution in [2.75, 3.05) is 0 Å². The molecule has 0 aromatic carbocycles. The number of aryl methyl sites for hydroxylation is 1. The molecule has 1 aromatic heterocycles.